The molecule has 4 rings (SSSR count). The van der Waals surface area contributed by atoms with Crippen molar-refractivity contribution in [2.24, 2.45) is 12.5 Å². The second-order valence-electron chi connectivity index (χ2n) is 8.96. The van der Waals surface area contributed by atoms with E-state index in [0.717, 1.165) is 82.8 Å². The van der Waals surface area contributed by atoms with E-state index >= 15 is 0 Å². The Kier molecular flexibility index (Phi) is 5.25. The van der Waals surface area contributed by atoms with Gasteiger partial charge in [0.15, 0.2) is 0 Å². The van der Waals surface area contributed by atoms with Crippen LogP contribution in [0.5, 0.6) is 0 Å². The van der Waals surface area contributed by atoms with Crippen LogP contribution in [0.25, 0.3) is 0 Å². The van der Waals surface area contributed by atoms with Crippen LogP contribution in [0.4, 0.5) is 0 Å². The summed E-state index contributed by atoms with van der Waals surface area (Å²) in [6, 6.07) is 0.345. The number of nitrogens with zero attached hydrogens (tertiary/aromatic N) is 5. The first-order valence-corrected chi connectivity index (χ1v) is 10.5. The van der Waals surface area contributed by atoms with E-state index in [1.54, 1.807) is 0 Å². The zero-order valence-corrected chi connectivity index (χ0v) is 16.7. The van der Waals surface area contributed by atoms with E-state index < -0.39 is 0 Å². The second kappa shape index (κ2) is 7.51. The molecule has 1 aliphatic carbocycles. The molecule has 1 amide bonds. The summed E-state index contributed by atoms with van der Waals surface area (Å²) in [6.45, 7) is 5.85. The summed E-state index contributed by atoms with van der Waals surface area (Å²) in [5.41, 5.74) is 0.288. The topological polar surface area (TPSA) is 74.5 Å². The van der Waals surface area contributed by atoms with Crippen molar-refractivity contribution < 1.29 is 9.90 Å². The normalized spacial score (nSPS) is 29.4. The standard InChI is InChI=1S/C20H33N5O2/c1-15-21-18(23(2)22-15)13-24-11-9-20(10-12-24)8-7-19(27)25(14-20)16-3-5-17(26)6-4-16/h16-17,26H,3-14H2,1-2H3. The van der Waals surface area contributed by atoms with Crippen molar-refractivity contribution in [3.8, 4) is 0 Å². The maximum Gasteiger partial charge on any atom is 0.222 e. The number of hydrogen-bond donors (Lipinski definition) is 1. The van der Waals surface area contributed by atoms with Crippen molar-refractivity contribution in [2.45, 2.75) is 77.0 Å². The summed E-state index contributed by atoms with van der Waals surface area (Å²) in [5, 5.41) is 14.1. The molecule has 1 N–H and O–H groups in total. The minimum Gasteiger partial charge on any atom is -0.393 e. The van der Waals surface area contributed by atoms with Gasteiger partial charge in [0.25, 0.3) is 0 Å². The molecular weight excluding hydrogens is 342 g/mol. The molecule has 7 heteroatoms. The van der Waals surface area contributed by atoms with Gasteiger partial charge in [-0.15, -0.1) is 0 Å². The van der Waals surface area contributed by atoms with Gasteiger partial charge in [-0.3, -0.25) is 14.4 Å². The molecule has 27 heavy (non-hydrogen) atoms. The van der Waals surface area contributed by atoms with Crippen LogP contribution in [-0.2, 0) is 18.4 Å². The summed E-state index contributed by atoms with van der Waals surface area (Å²) in [4.78, 5) is 21.8. The van der Waals surface area contributed by atoms with Crippen molar-refractivity contribution in [3.05, 3.63) is 11.6 Å². The summed E-state index contributed by atoms with van der Waals surface area (Å²) in [5.74, 6) is 2.20. The Morgan fingerprint density at radius 3 is 2.48 bits per heavy atom. The van der Waals surface area contributed by atoms with E-state index in [1.165, 1.54) is 0 Å². The summed E-state index contributed by atoms with van der Waals surface area (Å²) >= 11 is 0. The van der Waals surface area contributed by atoms with E-state index in [9.17, 15) is 9.90 Å². The van der Waals surface area contributed by atoms with E-state index in [4.69, 9.17) is 0 Å². The minimum absolute atomic E-state index is 0.164. The van der Waals surface area contributed by atoms with Crippen LogP contribution in [0.15, 0.2) is 0 Å². The Morgan fingerprint density at radius 2 is 1.85 bits per heavy atom. The van der Waals surface area contributed by atoms with Crippen molar-refractivity contribution in [1.82, 2.24) is 24.6 Å². The first-order valence-electron chi connectivity index (χ1n) is 10.5. The lowest BCUT2D eigenvalue weighted by Crippen LogP contribution is -2.55. The van der Waals surface area contributed by atoms with E-state index in [-0.39, 0.29) is 11.5 Å². The molecule has 1 aromatic heterocycles. The molecule has 1 saturated carbocycles. The van der Waals surface area contributed by atoms with Crippen LogP contribution < -0.4 is 0 Å². The molecule has 150 valence electrons. The molecule has 0 atom stereocenters. The number of carbonyl (C=O) groups excluding carboxylic acids is 1. The lowest BCUT2D eigenvalue weighted by Gasteiger charge is -2.50. The number of aliphatic hydroxyl groups excluding tert-OH is 1. The lowest BCUT2D eigenvalue weighted by molar-refractivity contribution is -0.144. The quantitative estimate of drug-likeness (QED) is 0.869. The van der Waals surface area contributed by atoms with E-state index in [0.29, 0.717) is 18.4 Å². The molecule has 0 bridgehead atoms. The molecule has 2 aliphatic heterocycles. The van der Waals surface area contributed by atoms with Gasteiger partial charge < -0.3 is 10.0 Å². The fourth-order valence-corrected chi connectivity index (χ4v) is 5.23. The smallest absolute Gasteiger partial charge is 0.222 e. The zero-order valence-electron chi connectivity index (χ0n) is 16.7. The Bertz CT molecular complexity index is 672. The highest BCUT2D eigenvalue weighted by atomic mass is 16.3. The Labute approximate surface area is 161 Å². The molecule has 1 spiro atoms. The van der Waals surface area contributed by atoms with Gasteiger partial charge in [-0.25, -0.2) is 4.98 Å². The number of aliphatic hydroxyl groups is 1. The molecule has 2 saturated heterocycles. The molecule has 0 unspecified atom stereocenters. The molecular formula is C20H33N5O2. The fraction of sp³-hybridized carbons (Fsp3) is 0.850. The van der Waals surface area contributed by atoms with Crippen molar-refractivity contribution in [2.75, 3.05) is 19.6 Å². The Morgan fingerprint density at radius 1 is 1.15 bits per heavy atom. The van der Waals surface area contributed by atoms with Gasteiger partial charge in [0.2, 0.25) is 5.91 Å². The molecule has 3 fully saturated rings. The van der Waals surface area contributed by atoms with Gasteiger partial charge in [-0.2, -0.15) is 5.10 Å². The van der Waals surface area contributed by atoms with E-state index in [2.05, 4.69) is 19.9 Å². The van der Waals surface area contributed by atoms with Crippen LogP contribution in [0.3, 0.4) is 0 Å². The number of aryl methyl sites for hydroxylation is 2. The third kappa shape index (κ3) is 4.04. The predicted octanol–water partition coefficient (Wildman–Crippen LogP) is 1.63. The van der Waals surface area contributed by atoms with Crippen molar-refractivity contribution >= 4 is 5.91 Å². The highest BCUT2D eigenvalue weighted by Crippen LogP contribution is 2.42. The van der Waals surface area contributed by atoms with Crippen LogP contribution in [0.1, 0.15) is 63.0 Å². The highest BCUT2D eigenvalue weighted by molar-refractivity contribution is 5.77. The summed E-state index contributed by atoms with van der Waals surface area (Å²) in [7, 11) is 1.96. The number of piperidine rings is 2. The van der Waals surface area contributed by atoms with Gasteiger partial charge >= 0.3 is 0 Å². The Balaban J connectivity index is 1.35. The van der Waals surface area contributed by atoms with Crippen LogP contribution in [0.2, 0.25) is 0 Å². The number of likely N-dealkylation sites (tertiary alicyclic amines) is 2. The average Bonchev–Trinajstić information content (AvgIpc) is 2.97. The average molecular weight is 376 g/mol. The number of hydrogen-bond acceptors (Lipinski definition) is 5. The first-order chi connectivity index (χ1) is 12.9. The maximum absolute atomic E-state index is 12.6. The maximum atomic E-state index is 12.6. The van der Waals surface area contributed by atoms with Gasteiger partial charge in [-0.05, 0) is 70.4 Å². The van der Waals surface area contributed by atoms with Crippen LogP contribution >= 0.6 is 0 Å². The number of aromatic nitrogens is 3. The molecule has 7 nitrogen and oxygen atoms in total. The third-order valence-corrected chi connectivity index (χ3v) is 7.04. The van der Waals surface area contributed by atoms with E-state index in [1.807, 2.05) is 18.7 Å². The summed E-state index contributed by atoms with van der Waals surface area (Å²) < 4.78 is 1.89. The largest absolute Gasteiger partial charge is 0.393 e. The second-order valence-corrected chi connectivity index (χ2v) is 8.96. The van der Waals surface area contributed by atoms with Gasteiger partial charge in [-0.1, -0.05) is 0 Å². The lowest BCUT2D eigenvalue weighted by atomic mass is 9.71. The SMILES string of the molecule is Cc1nc(CN2CCC3(CCC(=O)N(C4CCC(O)CC4)C3)CC2)n(C)n1. The molecule has 3 heterocycles. The Hall–Kier alpha value is -1.47. The number of carbonyl (C=O) groups is 1. The molecule has 3 aliphatic rings. The number of amides is 1. The molecule has 0 aromatic carbocycles. The van der Waals surface area contributed by atoms with Crippen molar-refractivity contribution in [3.63, 3.8) is 0 Å². The van der Waals surface area contributed by atoms with Crippen LogP contribution in [-0.4, -0.2) is 67.4 Å². The monoisotopic (exact) mass is 375 g/mol. The fourth-order valence-electron chi connectivity index (χ4n) is 5.23. The van der Waals surface area contributed by atoms with Crippen molar-refractivity contribution in [1.29, 1.82) is 0 Å². The molecule has 1 aromatic rings. The first kappa shape index (κ1) is 18.9. The van der Waals surface area contributed by atoms with Gasteiger partial charge in [0, 0.05) is 26.1 Å². The third-order valence-electron chi connectivity index (χ3n) is 7.04. The predicted molar refractivity (Wildman–Crippen MR) is 102 cm³/mol. The zero-order chi connectivity index (χ0) is 19.0. The summed E-state index contributed by atoms with van der Waals surface area (Å²) in [6.07, 6.45) is 7.48. The van der Waals surface area contributed by atoms with Gasteiger partial charge in [0.05, 0.1) is 12.6 Å². The molecule has 0 radical (unpaired) electrons. The van der Waals surface area contributed by atoms with Gasteiger partial charge in [0.1, 0.15) is 11.6 Å². The van der Waals surface area contributed by atoms with Crippen LogP contribution in [0, 0.1) is 12.3 Å². The number of rotatable bonds is 3. The minimum atomic E-state index is -0.164. The highest BCUT2D eigenvalue weighted by Gasteiger charge is 2.43.